The summed E-state index contributed by atoms with van der Waals surface area (Å²) in [5.41, 5.74) is 1.71. The van der Waals surface area contributed by atoms with Gasteiger partial charge >= 0.3 is 6.18 Å². The summed E-state index contributed by atoms with van der Waals surface area (Å²) >= 11 is 11.8. The molecular formula is C27H25Cl2F4NO. The molecule has 35 heavy (non-hydrogen) atoms. The van der Waals surface area contributed by atoms with Crippen LogP contribution in [0.4, 0.5) is 17.6 Å². The predicted octanol–water partition coefficient (Wildman–Crippen LogP) is 8.33. The van der Waals surface area contributed by atoms with Gasteiger partial charge in [-0.25, -0.2) is 4.39 Å². The Bertz CT molecular complexity index is 1180. The Morgan fingerprint density at radius 2 is 1.46 bits per heavy atom. The number of carbonyl (C=O) groups excluding carboxylic acids is 1. The number of hydrogen-bond donors (Lipinski definition) is 0. The van der Waals surface area contributed by atoms with Crippen molar-refractivity contribution in [2.45, 2.75) is 45.3 Å². The summed E-state index contributed by atoms with van der Waals surface area (Å²) < 4.78 is 53.2. The van der Waals surface area contributed by atoms with Gasteiger partial charge in [-0.3, -0.25) is 4.79 Å². The van der Waals surface area contributed by atoms with Crippen LogP contribution in [0, 0.1) is 5.82 Å². The van der Waals surface area contributed by atoms with Crippen LogP contribution in [0.25, 0.3) is 0 Å². The number of rotatable bonds is 6. The van der Waals surface area contributed by atoms with Crippen molar-refractivity contribution < 1.29 is 22.4 Å². The largest absolute Gasteiger partial charge is 0.416 e. The standard InChI is InChI=1S/C27H25Cl2F4NO/c1-26(2,3)20-9-7-18(8-10-20)16-34(25(35)19-14-22(28)24(30)23(29)15-19)12-11-17-5-4-6-21(13-17)27(31,32)33/h4-10,13-15H,11-12,16H2,1-3H3. The van der Waals surface area contributed by atoms with Gasteiger partial charge in [-0.05, 0) is 46.7 Å². The fourth-order valence-electron chi connectivity index (χ4n) is 3.61. The summed E-state index contributed by atoms with van der Waals surface area (Å²) in [6, 6.07) is 15.2. The van der Waals surface area contributed by atoms with E-state index in [1.54, 1.807) is 6.07 Å². The number of benzene rings is 3. The van der Waals surface area contributed by atoms with Crippen LogP contribution in [0.1, 0.15) is 53.4 Å². The third-order valence-electron chi connectivity index (χ3n) is 5.64. The molecule has 0 bridgehead atoms. The van der Waals surface area contributed by atoms with Gasteiger partial charge in [0, 0.05) is 18.7 Å². The van der Waals surface area contributed by atoms with Gasteiger partial charge in [0.05, 0.1) is 15.6 Å². The molecule has 0 saturated carbocycles. The molecule has 0 spiro atoms. The molecule has 0 aromatic heterocycles. The lowest BCUT2D eigenvalue weighted by Crippen LogP contribution is -2.32. The molecule has 0 fully saturated rings. The first-order valence-corrected chi connectivity index (χ1v) is 11.7. The normalized spacial score (nSPS) is 12.0. The van der Waals surface area contributed by atoms with Crippen LogP contribution >= 0.6 is 23.2 Å². The Morgan fingerprint density at radius 1 is 0.857 bits per heavy atom. The van der Waals surface area contributed by atoms with Crippen LogP contribution in [-0.4, -0.2) is 17.4 Å². The minimum absolute atomic E-state index is 0.0425. The van der Waals surface area contributed by atoms with Gasteiger partial charge in [0.25, 0.3) is 5.91 Å². The molecule has 0 heterocycles. The molecule has 0 aliphatic carbocycles. The molecule has 0 saturated heterocycles. The van der Waals surface area contributed by atoms with E-state index in [9.17, 15) is 22.4 Å². The molecule has 0 radical (unpaired) electrons. The summed E-state index contributed by atoms with van der Waals surface area (Å²) in [7, 11) is 0. The molecule has 8 heteroatoms. The number of amides is 1. The van der Waals surface area contributed by atoms with Crippen molar-refractivity contribution in [1.82, 2.24) is 4.90 Å². The topological polar surface area (TPSA) is 20.3 Å². The van der Waals surface area contributed by atoms with Crippen LogP contribution in [0.2, 0.25) is 10.0 Å². The number of carbonyl (C=O) groups is 1. The fraction of sp³-hybridized carbons (Fsp3) is 0.296. The summed E-state index contributed by atoms with van der Waals surface area (Å²) in [6.07, 6.45) is -4.26. The van der Waals surface area contributed by atoms with Crippen molar-refractivity contribution >= 4 is 29.1 Å². The van der Waals surface area contributed by atoms with Crippen LogP contribution in [0.5, 0.6) is 0 Å². The lowest BCUT2D eigenvalue weighted by Gasteiger charge is -2.25. The third kappa shape index (κ3) is 6.98. The Morgan fingerprint density at radius 3 is 2.00 bits per heavy atom. The highest BCUT2D eigenvalue weighted by Gasteiger charge is 2.30. The smallest absolute Gasteiger partial charge is 0.334 e. The summed E-state index contributed by atoms with van der Waals surface area (Å²) in [6.45, 7) is 6.61. The number of nitrogens with zero attached hydrogens (tertiary/aromatic N) is 1. The van der Waals surface area contributed by atoms with Crippen molar-refractivity contribution in [1.29, 1.82) is 0 Å². The van der Waals surface area contributed by atoms with Crippen molar-refractivity contribution in [3.8, 4) is 0 Å². The van der Waals surface area contributed by atoms with Gasteiger partial charge in [-0.2, -0.15) is 13.2 Å². The van der Waals surface area contributed by atoms with Gasteiger partial charge in [0.15, 0.2) is 5.82 Å². The molecule has 0 unspecified atom stereocenters. The summed E-state index contributed by atoms with van der Waals surface area (Å²) in [5.74, 6) is -1.28. The lowest BCUT2D eigenvalue weighted by atomic mass is 9.87. The molecular weight excluding hydrogens is 501 g/mol. The van der Waals surface area contributed by atoms with Crippen molar-refractivity contribution in [3.63, 3.8) is 0 Å². The zero-order valence-corrected chi connectivity index (χ0v) is 21.0. The van der Waals surface area contributed by atoms with E-state index in [0.717, 1.165) is 23.3 Å². The second-order valence-electron chi connectivity index (χ2n) is 9.38. The molecule has 0 N–H and O–H groups in total. The van der Waals surface area contributed by atoms with E-state index in [2.05, 4.69) is 20.8 Å². The van der Waals surface area contributed by atoms with Gasteiger partial charge in [0.1, 0.15) is 0 Å². The van der Waals surface area contributed by atoms with Crippen molar-refractivity contribution in [2.75, 3.05) is 6.54 Å². The molecule has 0 aliphatic heterocycles. The molecule has 0 atom stereocenters. The first kappa shape index (κ1) is 27.0. The van der Waals surface area contributed by atoms with Crippen LogP contribution in [-0.2, 0) is 24.6 Å². The van der Waals surface area contributed by atoms with Crippen molar-refractivity contribution in [3.05, 3.63) is 104 Å². The quantitative estimate of drug-likeness (QED) is 0.234. The van der Waals surface area contributed by atoms with Crippen LogP contribution < -0.4 is 0 Å². The van der Waals surface area contributed by atoms with Crippen LogP contribution in [0.3, 0.4) is 0 Å². The van der Waals surface area contributed by atoms with Crippen LogP contribution in [0.15, 0.2) is 60.7 Å². The molecule has 1 amide bonds. The molecule has 186 valence electrons. The highest BCUT2D eigenvalue weighted by Crippen LogP contribution is 2.30. The van der Waals surface area contributed by atoms with Gasteiger partial charge in [-0.1, -0.05) is 86.4 Å². The predicted molar refractivity (Wildman–Crippen MR) is 131 cm³/mol. The molecule has 3 rings (SSSR count). The van der Waals surface area contributed by atoms with E-state index in [1.165, 1.54) is 23.1 Å². The maximum absolute atomic E-state index is 13.9. The minimum atomic E-state index is -4.46. The van der Waals surface area contributed by atoms with Gasteiger partial charge in [0.2, 0.25) is 0 Å². The highest BCUT2D eigenvalue weighted by atomic mass is 35.5. The molecule has 3 aromatic rings. The van der Waals surface area contributed by atoms with Gasteiger partial charge < -0.3 is 4.90 Å². The zero-order chi connectivity index (χ0) is 26.0. The summed E-state index contributed by atoms with van der Waals surface area (Å²) in [5, 5.41) is -0.568. The second kappa shape index (κ2) is 10.6. The van der Waals surface area contributed by atoms with E-state index in [0.29, 0.717) is 5.56 Å². The maximum Gasteiger partial charge on any atom is 0.416 e. The maximum atomic E-state index is 13.9. The Balaban J connectivity index is 1.89. The fourth-order valence-corrected chi connectivity index (χ4v) is 4.10. The first-order valence-electron chi connectivity index (χ1n) is 10.9. The number of hydrogen-bond acceptors (Lipinski definition) is 1. The van der Waals surface area contributed by atoms with E-state index < -0.39 is 23.5 Å². The third-order valence-corrected chi connectivity index (χ3v) is 6.19. The average Bonchev–Trinajstić information content (AvgIpc) is 2.78. The Labute approximate surface area is 212 Å². The lowest BCUT2D eigenvalue weighted by molar-refractivity contribution is -0.137. The Kier molecular flexibility index (Phi) is 8.17. The highest BCUT2D eigenvalue weighted by molar-refractivity contribution is 6.35. The average molecular weight is 526 g/mol. The SMILES string of the molecule is CC(C)(C)c1ccc(CN(CCc2cccc(C(F)(F)F)c2)C(=O)c2cc(Cl)c(F)c(Cl)c2)cc1. The number of halogens is 6. The minimum Gasteiger partial charge on any atom is -0.334 e. The Hall–Kier alpha value is -2.57. The molecule has 0 aliphatic rings. The van der Waals surface area contributed by atoms with E-state index in [4.69, 9.17) is 23.2 Å². The second-order valence-corrected chi connectivity index (χ2v) is 10.2. The van der Waals surface area contributed by atoms with Crippen molar-refractivity contribution in [2.24, 2.45) is 0 Å². The molecule has 2 nitrogen and oxygen atoms in total. The summed E-state index contributed by atoms with van der Waals surface area (Å²) in [4.78, 5) is 14.8. The first-order chi connectivity index (χ1) is 16.3. The zero-order valence-electron chi connectivity index (χ0n) is 19.5. The van der Waals surface area contributed by atoms with E-state index in [-0.39, 0.29) is 40.5 Å². The monoisotopic (exact) mass is 525 g/mol. The van der Waals surface area contributed by atoms with Gasteiger partial charge in [-0.15, -0.1) is 0 Å². The van der Waals surface area contributed by atoms with E-state index in [1.807, 2.05) is 24.3 Å². The van der Waals surface area contributed by atoms with E-state index >= 15 is 0 Å². The molecule has 3 aromatic carbocycles. The number of alkyl halides is 3.